The summed E-state index contributed by atoms with van der Waals surface area (Å²) in [4.78, 5) is 0. The van der Waals surface area contributed by atoms with E-state index in [0.29, 0.717) is 5.04 Å². The van der Waals surface area contributed by atoms with Gasteiger partial charge in [0, 0.05) is 11.0 Å². The van der Waals surface area contributed by atoms with E-state index in [9.17, 15) is 0 Å². The van der Waals surface area contributed by atoms with E-state index in [4.69, 9.17) is 4.43 Å². The Morgan fingerprint density at radius 2 is 1.80 bits per heavy atom. The molecule has 0 fully saturated rings. The van der Waals surface area contributed by atoms with E-state index in [1.165, 1.54) is 17.3 Å². The van der Waals surface area contributed by atoms with Crippen LogP contribution in [-0.2, 0) is 4.43 Å². The van der Waals surface area contributed by atoms with Crippen molar-refractivity contribution in [1.29, 1.82) is 0 Å². The summed E-state index contributed by atoms with van der Waals surface area (Å²) in [7, 11) is -1.50. The lowest BCUT2D eigenvalue weighted by Gasteiger charge is -2.36. The molecule has 0 aromatic rings. The summed E-state index contributed by atoms with van der Waals surface area (Å²) in [5.74, 6) is 0.843. The predicted molar refractivity (Wildman–Crippen MR) is 80.4 cm³/mol. The van der Waals surface area contributed by atoms with Gasteiger partial charge in [0.15, 0.2) is 8.32 Å². The van der Waals surface area contributed by atoms with E-state index in [1.807, 2.05) is 0 Å². The second-order valence-electron chi connectivity index (χ2n) is 5.83. The van der Waals surface area contributed by atoms with Crippen LogP contribution in [-0.4, -0.2) is 19.4 Å². The first-order chi connectivity index (χ1) is 6.74. The van der Waals surface area contributed by atoms with E-state index in [1.54, 1.807) is 0 Å². The van der Waals surface area contributed by atoms with Crippen molar-refractivity contribution < 1.29 is 4.43 Å². The molecule has 0 heterocycles. The smallest absolute Gasteiger partial charge is 0.191 e. The molecule has 0 aliphatic carbocycles. The Labute approximate surface area is 111 Å². The van der Waals surface area contributed by atoms with Crippen molar-refractivity contribution in [2.24, 2.45) is 5.92 Å². The van der Waals surface area contributed by atoms with Gasteiger partial charge in [-0.2, -0.15) is 0 Å². The lowest BCUT2D eigenvalue weighted by molar-refractivity contribution is 0.260. The molecule has 0 saturated carbocycles. The Bertz CT molecular complexity index is 171. The Balaban J connectivity index is 3.95. The van der Waals surface area contributed by atoms with Gasteiger partial charge in [0.2, 0.25) is 0 Å². The minimum absolute atomic E-state index is 0.346. The molecule has 92 valence electrons. The summed E-state index contributed by atoms with van der Waals surface area (Å²) >= 11 is 2.48. The third kappa shape index (κ3) is 5.68. The SMILES string of the molecule is CCC(CI)CCO[Si](C)(C)C(C)(C)C. The quantitative estimate of drug-likeness (QED) is 0.381. The fourth-order valence-corrected chi connectivity index (χ4v) is 3.21. The van der Waals surface area contributed by atoms with Gasteiger partial charge in [0.25, 0.3) is 0 Å². The molecule has 1 nitrogen and oxygen atoms in total. The maximum Gasteiger partial charge on any atom is 0.191 e. The topological polar surface area (TPSA) is 9.23 Å². The van der Waals surface area contributed by atoms with Crippen LogP contribution in [0.3, 0.4) is 0 Å². The van der Waals surface area contributed by atoms with Crippen molar-refractivity contribution in [2.45, 2.75) is 58.7 Å². The van der Waals surface area contributed by atoms with Crippen molar-refractivity contribution >= 4 is 30.9 Å². The van der Waals surface area contributed by atoms with Gasteiger partial charge < -0.3 is 4.43 Å². The summed E-state index contributed by atoms with van der Waals surface area (Å²) in [5.41, 5.74) is 0. The lowest BCUT2D eigenvalue weighted by atomic mass is 10.1. The maximum absolute atomic E-state index is 6.16. The molecule has 0 radical (unpaired) electrons. The first-order valence-electron chi connectivity index (χ1n) is 5.94. The summed E-state index contributed by atoms with van der Waals surface area (Å²) in [6.07, 6.45) is 2.51. The van der Waals surface area contributed by atoms with E-state index < -0.39 is 8.32 Å². The van der Waals surface area contributed by atoms with Crippen molar-refractivity contribution in [2.75, 3.05) is 11.0 Å². The second kappa shape index (κ2) is 6.60. The monoisotopic (exact) mass is 342 g/mol. The zero-order valence-corrected chi connectivity index (χ0v) is 14.3. The van der Waals surface area contributed by atoms with E-state index in [2.05, 4.69) is 63.4 Å². The van der Waals surface area contributed by atoms with Crippen LogP contribution in [0.25, 0.3) is 0 Å². The van der Waals surface area contributed by atoms with Gasteiger partial charge in [-0.25, -0.2) is 0 Å². The minimum atomic E-state index is -1.50. The normalized spacial score (nSPS) is 15.4. The molecule has 3 heteroatoms. The number of halogens is 1. The Kier molecular flexibility index (Phi) is 6.99. The van der Waals surface area contributed by atoms with Crippen LogP contribution in [0, 0.1) is 5.92 Å². The summed E-state index contributed by atoms with van der Waals surface area (Å²) in [5, 5.41) is 0.346. The van der Waals surface area contributed by atoms with Gasteiger partial charge >= 0.3 is 0 Å². The summed E-state index contributed by atoms with van der Waals surface area (Å²) in [6.45, 7) is 14.8. The first-order valence-corrected chi connectivity index (χ1v) is 10.4. The minimum Gasteiger partial charge on any atom is -0.417 e. The standard InChI is InChI=1S/C12H27IOSi/c1-7-11(10-13)8-9-14-15(5,6)12(2,3)4/h11H,7-10H2,1-6H3. The number of alkyl halides is 1. The molecular formula is C12H27IOSi. The van der Waals surface area contributed by atoms with Gasteiger partial charge in [-0.05, 0) is 30.5 Å². The molecule has 0 amide bonds. The zero-order chi connectivity index (χ0) is 12.1. The van der Waals surface area contributed by atoms with Crippen molar-refractivity contribution in [1.82, 2.24) is 0 Å². The molecule has 15 heavy (non-hydrogen) atoms. The first kappa shape index (κ1) is 15.9. The van der Waals surface area contributed by atoms with Crippen LogP contribution in [0.4, 0.5) is 0 Å². The highest BCUT2D eigenvalue weighted by Gasteiger charge is 2.36. The van der Waals surface area contributed by atoms with E-state index in [-0.39, 0.29) is 0 Å². The van der Waals surface area contributed by atoms with Crippen LogP contribution in [0.15, 0.2) is 0 Å². The van der Waals surface area contributed by atoms with Crippen molar-refractivity contribution in [3.8, 4) is 0 Å². The van der Waals surface area contributed by atoms with Crippen molar-refractivity contribution in [3.63, 3.8) is 0 Å². The van der Waals surface area contributed by atoms with Crippen LogP contribution < -0.4 is 0 Å². The van der Waals surface area contributed by atoms with Crippen LogP contribution >= 0.6 is 22.6 Å². The maximum atomic E-state index is 6.16. The van der Waals surface area contributed by atoms with Crippen molar-refractivity contribution in [3.05, 3.63) is 0 Å². The molecule has 0 rings (SSSR count). The molecule has 1 atom stereocenters. The third-order valence-electron chi connectivity index (χ3n) is 3.59. The summed E-state index contributed by atoms with van der Waals surface area (Å²) < 4.78 is 7.42. The predicted octanol–water partition coefficient (Wildman–Crippen LogP) is 4.86. The molecule has 0 aliphatic rings. The zero-order valence-electron chi connectivity index (χ0n) is 11.2. The van der Waals surface area contributed by atoms with Crippen LogP contribution in [0.2, 0.25) is 18.1 Å². The molecule has 0 aromatic heterocycles. The summed E-state index contributed by atoms with van der Waals surface area (Å²) in [6, 6.07) is 0. The van der Waals surface area contributed by atoms with E-state index >= 15 is 0 Å². The van der Waals surface area contributed by atoms with Crippen LogP contribution in [0.1, 0.15) is 40.5 Å². The highest BCUT2D eigenvalue weighted by Crippen LogP contribution is 2.36. The van der Waals surface area contributed by atoms with Gasteiger partial charge in [-0.1, -0.05) is 56.7 Å². The van der Waals surface area contributed by atoms with Gasteiger partial charge in [0.05, 0.1) is 0 Å². The number of rotatable bonds is 6. The fraction of sp³-hybridized carbons (Fsp3) is 1.00. The van der Waals surface area contributed by atoms with Crippen LogP contribution in [0.5, 0.6) is 0 Å². The Morgan fingerprint density at radius 3 is 2.13 bits per heavy atom. The second-order valence-corrected chi connectivity index (χ2v) is 11.5. The molecule has 1 unspecified atom stereocenters. The third-order valence-corrected chi connectivity index (χ3v) is 9.37. The number of hydrogen-bond donors (Lipinski definition) is 0. The fourth-order valence-electron chi connectivity index (χ4n) is 1.09. The largest absolute Gasteiger partial charge is 0.417 e. The Hall–Kier alpha value is 0.907. The Morgan fingerprint density at radius 1 is 1.27 bits per heavy atom. The highest BCUT2D eigenvalue weighted by molar-refractivity contribution is 14.1. The van der Waals surface area contributed by atoms with Gasteiger partial charge in [-0.15, -0.1) is 0 Å². The number of hydrogen-bond acceptors (Lipinski definition) is 1. The lowest BCUT2D eigenvalue weighted by Crippen LogP contribution is -2.41. The highest BCUT2D eigenvalue weighted by atomic mass is 127. The van der Waals surface area contributed by atoms with E-state index in [0.717, 1.165) is 12.5 Å². The van der Waals surface area contributed by atoms with Gasteiger partial charge in [-0.3, -0.25) is 0 Å². The molecule has 0 aliphatic heterocycles. The molecule has 0 N–H and O–H groups in total. The van der Waals surface area contributed by atoms with Gasteiger partial charge in [0.1, 0.15) is 0 Å². The molecular weight excluding hydrogens is 315 g/mol. The average molecular weight is 342 g/mol. The average Bonchev–Trinajstić information content (AvgIpc) is 2.10. The molecule has 0 saturated heterocycles. The molecule has 0 bridgehead atoms. The molecule has 0 spiro atoms. The molecule has 0 aromatic carbocycles.